The van der Waals surface area contributed by atoms with Gasteiger partial charge < -0.3 is 10.1 Å². The first kappa shape index (κ1) is 19.1. The van der Waals surface area contributed by atoms with Crippen LogP contribution in [0.1, 0.15) is 11.1 Å². The number of nitrogens with one attached hydrogen (secondary N) is 1. The van der Waals surface area contributed by atoms with Gasteiger partial charge >= 0.3 is 0 Å². The van der Waals surface area contributed by atoms with Gasteiger partial charge in [-0.15, -0.1) is 0 Å². The zero-order valence-electron chi connectivity index (χ0n) is 15.3. The smallest absolute Gasteiger partial charge is 0.244 e. The van der Waals surface area contributed by atoms with E-state index in [0.29, 0.717) is 35.1 Å². The quantitative estimate of drug-likeness (QED) is 0.645. The maximum atomic E-state index is 13.6. The topological polar surface area (TPSA) is 64.1 Å². The maximum Gasteiger partial charge on any atom is 0.244 e. The number of nitrogens with zero attached hydrogens (tertiary/aromatic N) is 2. The van der Waals surface area contributed by atoms with E-state index in [1.807, 2.05) is 6.07 Å². The summed E-state index contributed by atoms with van der Waals surface area (Å²) in [5, 5.41) is 3.36. The molecule has 0 saturated heterocycles. The second kappa shape index (κ2) is 8.41. The summed E-state index contributed by atoms with van der Waals surface area (Å²) in [6.07, 6.45) is 6.43. The van der Waals surface area contributed by atoms with E-state index in [4.69, 9.17) is 16.3 Å². The van der Waals surface area contributed by atoms with Crippen LogP contribution in [0.15, 0.2) is 60.9 Å². The fraction of sp³-hybridized carbons (Fsp3) is 0.136. The summed E-state index contributed by atoms with van der Waals surface area (Å²) in [5.41, 5.74) is 2.02. The third kappa shape index (κ3) is 4.43. The van der Waals surface area contributed by atoms with Crippen molar-refractivity contribution in [1.29, 1.82) is 0 Å². The van der Waals surface area contributed by atoms with Gasteiger partial charge in [0.25, 0.3) is 0 Å². The van der Waals surface area contributed by atoms with Crippen LogP contribution in [-0.4, -0.2) is 28.5 Å². The number of benzene rings is 2. The molecular weight excluding hydrogens is 393 g/mol. The maximum absolute atomic E-state index is 13.6. The van der Waals surface area contributed by atoms with Crippen molar-refractivity contribution in [2.24, 2.45) is 0 Å². The minimum Gasteiger partial charge on any atom is -0.487 e. The zero-order chi connectivity index (χ0) is 20.2. The second-order valence-electron chi connectivity index (χ2n) is 6.56. The van der Waals surface area contributed by atoms with E-state index >= 15 is 0 Å². The Balaban J connectivity index is 1.41. The molecule has 4 rings (SSSR count). The molecule has 1 amide bonds. The van der Waals surface area contributed by atoms with Crippen molar-refractivity contribution in [3.8, 4) is 17.1 Å². The van der Waals surface area contributed by atoms with Crippen LogP contribution < -0.4 is 10.1 Å². The standard InChI is InChI=1S/C22H17ClFN3O2/c23-16-10-15-11-17(29-21(15)18(12-16)22-25-8-3-9-26-22)13-27-20(28)7-6-14-4-1-2-5-19(14)24/h1-10,12,17H,11,13H2,(H,27,28)/b7-6+/t17-/m0/s1. The number of halogens is 2. The highest BCUT2D eigenvalue weighted by atomic mass is 35.5. The van der Waals surface area contributed by atoms with Crippen LogP contribution in [0.2, 0.25) is 5.02 Å². The van der Waals surface area contributed by atoms with E-state index in [0.717, 1.165) is 11.1 Å². The van der Waals surface area contributed by atoms with Gasteiger partial charge in [-0.25, -0.2) is 14.4 Å². The normalized spacial score (nSPS) is 15.2. The Hall–Kier alpha value is -3.25. The Morgan fingerprint density at radius 2 is 2.03 bits per heavy atom. The molecule has 0 fully saturated rings. The fourth-order valence-electron chi connectivity index (χ4n) is 3.16. The van der Waals surface area contributed by atoms with Crippen LogP contribution in [0.3, 0.4) is 0 Å². The van der Waals surface area contributed by atoms with Gasteiger partial charge in [0.15, 0.2) is 5.82 Å². The Bertz CT molecular complexity index is 1070. The van der Waals surface area contributed by atoms with E-state index in [1.54, 1.807) is 42.7 Å². The Labute approximate surface area is 172 Å². The van der Waals surface area contributed by atoms with E-state index in [1.165, 1.54) is 18.2 Å². The molecule has 5 nitrogen and oxygen atoms in total. The van der Waals surface area contributed by atoms with Crippen LogP contribution in [0.25, 0.3) is 17.5 Å². The third-order valence-corrected chi connectivity index (χ3v) is 4.71. The van der Waals surface area contributed by atoms with Crippen LogP contribution in [0.4, 0.5) is 4.39 Å². The SMILES string of the molecule is O=C(/C=C/c1ccccc1F)NC[C@@H]1Cc2cc(Cl)cc(-c3ncccn3)c2O1. The molecule has 0 unspecified atom stereocenters. The number of aromatic nitrogens is 2. The van der Waals surface area contributed by atoms with Gasteiger partial charge in [0.2, 0.25) is 5.91 Å². The monoisotopic (exact) mass is 409 g/mol. The summed E-state index contributed by atoms with van der Waals surface area (Å²) in [6, 6.07) is 11.6. The van der Waals surface area contributed by atoms with Gasteiger partial charge in [0.1, 0.15) is 17.7 Å². The number of hydrogen-bond donors (Lipinski definition) is 1. The van der Waals surface area contributed by atoms with Crippen LogP contribution in [-0.2, 0) is 11.2 Å². The molecule has 29 heavy (non-hydrogen) atoms. The molecular formula is C22H17ClFN3O2. The Morgan fingerprint density at radius 1 is 1.24 bits per heavy atom. The number of amides is 1. The first-order valence-electron chi connectivity index (χ1n) is 9.07. The first-order chi connectivity index (χ1) is 14.1. The summed E-state index contributed by atoms with van der Waals surface area (Å²) in [7, 11) is 0. The zero-order valence-corrected chi connectivity index (χ0v) is 16.1. The molecule has 1 atom stereocenters. The van der Waals surface area contributed by atoms with Crippen molar-refractivity contribution in [2.75, 3.05) is 6.54 Å². The average molecular weight is 410 g/mol. The average Bonchev–Trinajstić information content (AvgIpc) is 3.14. The molecule has 2 aromatic carbocycles. The van der Waals surface area contributed by atoms with Crippen LogP contribution in [0, 0.1) is 5.82 Å². The van der Waals surface area contributed by atoms with E-state index in [9.17, 15) is 9.18 Å². The summed E-state index contributed by atoms with van der Waals surface area (Å²) >= 11 is 6.25. The molecule has 1 aromatic heterocycles. The highest BCUT2D eigenvalue weighted by Crippen LogP contribution is 2.39. The predicted octanol–water partition coefficient (Wildman–Crippen LogP) is 4.07. The van der Waals surface area contributed by atoms with Gasteiger partial charge in [0.05, 0.1) is 12.1 Å². The number of hydrogen-bond acceptors (Lipinski definition) is 4. The first-order valence-corrected chi connectivity index (χ1v) is 9.45. The molecule has 0 radical (unpaired) electrons. The molecule has 1 N–H and O–H groups in total. The van der Waals surface area contributed by atoms with Gasteiger partial charge in [-0.05, 0) is 30.3 Å². The van der Waals surface area contributed by atoms with Gasteiger partial charge in [-0.2, -0.15) is 0 Å². The largest absolute Gasteiger partial charge is 0.487 e. The highest BCUT2D eigenvalue weighted by Gasteiger charge is 2.27. The minimum absolute atomic E-state index is 0.239. The number of fused-ring (bicyclic) bond motifs is 1. The molecule has 0 spiro atoms. The van der Waals surface area contributed by atoms with Gasteiger partial charge in [-0.1, -0.05) is 29.8 Å². The second-order valence-corrected chi connectivity index (χ2v) is 6.99. The number of rotatable bonds is 5. The molecule has 3 aromatic rings. The van der Waals surface area contributed by atoms with E-state index in [2.05, 4.69) is 15.3 Å². The molecule has 2 heterocycles. The predicted molar refractivity (Wildman–Crippen MR) is 109 cm³/mol. The molecule has 0 bridgehead atoms. The lowest BCUT2D eigenvalue weighted by Crippen LogP contribution is -2.33. The summed E-state index contributed by atoms with van der Waals surface area (Å²) in [4.78, 5) is 20.6. The van der Waals surface area contributed by atoms with Crippen molar-refractivity contribution in [3.05, 3.63) is 82.9 Å². The lowest BCUT2D eigenvalue weighted by atomic mass is 10.1. The lowest BCUT2D eigenvalue weighted by Gasteiger charge is -2.12. The molecule has 1 aliphatic rings. The van der Waals surface area contributed by atoms with E-state index < -0.39 is 0 Å². The minimum atomic E-state index is -0.376. The van der Waals surface area contributed by atoms with Crippen molar-refractivity contribution in [1.82, 2.24) is 15.3 Å². The highest BCUT2D eigenvalue weighted by molar-refractivity contribution is 6.31. The van der Waals surface area contributed by atoms with Crippen molar-refractivity contribution < 1.29 is 13.9 Å². The van der Waals surface area contributed by atoms with Gasteiger partial charge in [0, 0.05) is 41.0 Å². The molecule has 1 aliphatic heterocycles. The molecule has 0 aliphatic carbocycles. The van der Waals surface area contributed by atoms with Crippen molar-refractivity contribution in [3.63, 3.8) is 0 Å². The molecule has 146 valence electrons. The third-order valence-electron chi connectivity index (χ3n) is 4.49. The Kier molecular flexibility index (Phi) is 5.53. The van der Waals surface area contributed by atoms with Crippen molar-refractivity contribution in [2.45, 2.75) is 12.5 Å². The van der Waals surface area contributed by atoms with E-state index in [-0.39, 0.29) is 17.8 Å². The Morgan fingerprint density at radius 3 is 2.83 bits per heavy atom. The summed E-state index contributed by atoms with van der Waals surface area (Å²) < 4.78 is 19.7. The summed E-state index contributed by atoms with van der Waals surface area (Å²) in [5.74, 6) is 0.515. The lowest BCUT2D eigenvalue weighted by molar-refractivity contribution is -0.116. The number of carbonyl (C=O) groups is 1. The van der Waals surface area contributed by atoms with Crippen LogP contribution >= 0.6 is 11.6 Å². The van der Waals surface area contributed by atoms with Gasteiger partial charge in [-0.3, -0.25) is 4.79 Å². The molecule has 7 heteroatoms. The number of ether oxygens (including phenoxy) is 1. The summed E-state index contributed by atoms with van der Waals surface area (Å²) in [6.45, 7) is 0.307. The number of carbonyl (C=O) groups excluding carboxylic acids is 1. The van der Waals surface area contributed by atoms with Crippen LogP contribution in [0.5, 0.6) is 5.75 Å². The fourth-order valence-corrected chi connectivity index (χ4v) is 3.40. The molecule has 0 saturated carbocycles. The van der Waals surface area contributed by atoms with Crippen molar-refractivity contribution >= 4 is 23.6 Å².